The van der Waals surface area contributed by atoms with Crippen molar-refractivity contribution in [3.63, 3.8) is 0 Å². The summed E-state index contributed by atoms with van der Waals surface area (Å²) in [7, 11) is 2.94. The minimum atomic E-state index is -0.479. The van der Waals surface area contributed by atoms with Crippen molar-refractivity contribution in [2.75, 3.05) is 14.2 Å². The first-order valence-electron chi connectivity index (χ1n) is 4.99. The summed E-state index contributed by atoms with van der Waals surface area (Å²) < 4.78 is 15.4. The number of hydrogen-bond donors (Lipinski definition) is 1. The Morgan fingerprint density at radius 1 is 1.29 bits per heavy atom. The van der Waals surface area contributed by atoms with Gasteiger partial charge in [-0.1, -0.05) is 0 Å². The SMILES string of the molecule is COc1cc(CO)c2ccc(=O)oc2c1OC. The molecular formula is C12H12O5. The molecular weight excluding hydrogens is 224 g/mol. The highest BCUT2D eigenvalue weighted by Crippen LogP contribution is 2.37. The molecule has 90 valence electrons. The van der Waals surface area contributed by atoms with E-state index in [9.17, 15) is 9.90 Å². The van der Waals surface area contributed by atoms with E-state index in [1.165, 1.54) is 20.3 Å². The van der Waals surface area contributed by atoms with Gasteiger partial charge in [0.25, 0.3) is 0 Å². The van der Waals surface area contributed by atoms with E-state index in [-0.39, 0.29) is 12.2 Å². The first kappa shape index (κ1) is 11.5. The number of ether oxygens (including phenoxy) is 2. The second-order valence-electron chi connectivity index (χ2n) is 3.43. The van der Waals surface area contributed by atoms with Crippen LogP contribution in [0.5, 0.6) is 11.5 Å². The van der Waals surface area contributed by atoms with Crippen LogP contribution < -0.4 is 15.1 Å². The third-order valence-corrected chi connectivity index (χ3v) is 2.51. The molecule has 0 unspecified atom stereocenters. The fraction of sp³-hybridized carbons (Fsp3) is 0.250. The van der Waals surface area contributed by atoms with E-state index in [1.807, 2.05) is 0 Å². The lowest BCUT2D eigenvalue weighted by Crippen LogP contribution is -2.00. The van der Waals surface area contributed by atoms with Gasteiger partial charge in [-0.3, -0.25) is 0 Å². The molecule has 0 fully saturated rings. The summed E-state index contributed by atoms with van der Waals surface area (Å²) in [6, 6.07) is 4.54. The molecule has 2 aromatic rings. The zero-order chi connectivity index (χ0) is 12.4. The van der Waals surface area contributed by atoms with Crippen LogP contribution in [0.1, 0.15) is 5.56 Å². The fourth-order valence-corrected chi connectivity index (χ4v) is 1.73. The van der Waals surface area contributed by atoms with Crippen molar-refractivity contribution in [1.82, 2.24) is 0 Å². The standard InChI is InChI=1S/C12H12O5/c1-15-9-5-7(6-13)8-3-4-10(14)17-11(8)12(9)16-2/h3-5,13H,6H2,1-2H3. The van der Waals surface area contributed by atoms with Crippen molar-refractivity contribution < 1.29 is 19.0 Å². The van der Waals surface area contributed by atoms with Crippen LogP contribution in [0.2, 0.25) is 0 Å². The van der Waals surface area contributed by atoms with E-state index in [1.54, 1.807) is 12.1 Å². The molecule has 0 spiro atoms. The predicted molar refractivity (Wildman–Crippen MR) is 61.5 cm³/mol. The minimum absolute atomic E-state index is 0.176. The predicted octanol–water partition coefficient (Wildman–Crippen LogP) is 1.30. The van der Waals surface area contributed by atoms with Crippen molar-refractivity contribution >= 4 is 11.0 Å². The number of fused-ring (bicyclic) bond motifs is 1. The van der Waals surface area contributed by atoms with Crippen LogP contribution in [0, 0.1) is 0 Å². The third kappa shape index (κ3) is 1.85. The molecule has 0 atom stereocenters. The normalized spacial score (nSPS) is 10.5. The average Bonchev–Trinajstić information content (AvgIpc) is 2.36. The van der Waals surface area contributed by atoms with Crippen LogP contribution in [0.4, 0.5) is 0 Å². The lowest BCUT2D eigenvalue weighted by Gasteiger charge is -2.11. The molecule has 17 heavy (non-hydrogen) atoms. The molecule has 0 aliphatic heterocycles. The summed E-state index contributed by atoms with van der Waals surface area (Å²) in [6.07, 6.45) is 0. The van der Waals surface area contributed by atoms with Crippen molar-refractivity contribution in [2.45, 2.75) is 6.61 Å². The maximum atomic E-state index is 11.2. The maximum absolute atomic E-state index is 11.2. The number of benzene rings is 1. The quantitative estimate of drug-likeness (QED) is 0.813. The Morgan fingerprint density at radius 3 is 2.65 bits per heavy atom. The Hall–Kier alpha value is -2.01. The second kappa shape index (κ2) is 4.47. The highest BCUT2D eigenvalue weighted by molar-refractivity contribution is 5.88. The molecule has 2 rings (SSSR count). The largest absolute Gasteiger partial charge is 0.493 e. The Morgan fingerprint density at radius 2 is 2.06 bits per heavy atom. The summed E-state index contributed by atoms with van der Waals surface area (Å²) in [5.41, 5.74) is 0.415. The highest BCUT2D eigenvalue weighted by atomic mass is 16.5. The van der Waals surface area contributed by atoms with Gasteiger partial charge in [0.05, 0.1) is 20.8 Å². The van der Waals surface area contributed by atoms with Gasteiger partial charge in [-0.2, -0.15) is 0 Å². The Balaban J connectivity index is 2.91. The maximum Gasteiger partial charge on any atom is 0.336 e. The van der Waals surface area contributed by atoms with Gasteiger partial charge in [0.2, 0.25) is 5.75 Å². The fourth-order valence-electron chi connectivity index (χ4n) is 1.73. The zero-order valence-electron chi connectivity index (χ0n) is 9.52. The van der Waals surface area contributed by atoms with Gasteiger partial charge in [-0.05, 0) is 17.7 Å². The molecule has 0 saturated heterocycles. The van der Waals surface area contributed by atoms with E-state index >= 15 is 0 Å². The van der Waals surface area contributed by atoms with Crippen LogP contribution >= 0.6 is 0 Å². The number of aliphatic hydroxyl groups excluding tert-OH is 1. The van der Waals surface area contributed by atoms with Crippen LogP contribution in [0.15, 0.2) is 27.4 Å². The summed E-state index contributed by atoms with van der Waals surface area (Å²) >= 11 is 0. The number of aliphatic hydroxyl groups is 1. The van der Waals surface area contributed by atoms with Crippen molar-refractivity contribution in [3.8, 4) is 11.5 Å². The molecule has 0 saturated carbocycles. The van der Waals surface area contributed by atoms with Crippen molar-refractivity contribution in [3.05, 3.63) is 34.2 Å². The minimum Gasteiger partial charge on any atom is -0.493 e. The Kier molecular flexibility index (Phi) is 3.01. The molecule has 1 N–H and O–H groups in total. The van der Waals surface area contributed by atoms with Gasteiger partial charge < -0.3 is 19.0 Å². The van der Waals surface area contributed by atoms with E-state index < -0.39 is 5.63 Å². The molecule has 5 nitrogen and oxygen atoms in total. The zero-order valence-corrected chi connectivity index (χ0v) is 9.52. The number of methoxy groups -OCH3 is 2. The summed E-state index contributed by atoms with van der Waals surface area (Å²) in [4.78, 5) is 11.2. The van der Waals surface area contributed by atoms with Gasteiger partial charge in [-0.25, -0.2) is 4.79 Å². The van der Waals surface area contributed by atoms with Gasteiger partial charge in [0, 0.05) is 11.5 Å². The molecule has 0 aliphatic carbocycles. The van der Waals surface area contributed by atoms with Crippen LogP contribution in [-0.2, 0) is 6.61 Å². The van der Waals surface area contributed by atoms with Crippen LogP contribution in [0.3, 0.4) is 0 Å². The molecule has 1 aromatic carbocycles. The van der Waals surface area contributed by atoms with Crippen molar-refractivity contribution in [2.24, 2.45) is 0 Å². The van der Waals surface area contributed by atoms with E-state index in [0.717, 1.165) is 0 Å². The smallest absolute Gasteiger partial charge is 0.336 e. The molecule has 1 aromatic heterocycles. The van der Waals surface area contributed by atoms with Crippen LogP contribution in [0.25, 0.3) is 11.0 Å². The summed E-state index contributed by atoms with van der Waals surface area (Å²) in [6.45, 7) is -0.176. The second-order valence-corrected chi connectivity index (χ2v) is 3.43. The van der Waals surface area contributed by atoms with E-state index in [2.05, 4.69) is 0 Å². The highest BCUT2D eigenvalue weighted by Gasteiger charge is 2.15. The van der Waals surface area contributed by atoms with Gasteiger partial charge in [0.1, 0.15) is 0 Å². The first-order chi connectivity index (χ1) is 8.21. The van der Waals surface area contributed by atoms with Gasteiger partial charge in [0.15, 0.2) is 11.3 Å². The van der Waals surface area contributed by atoms with E-state index in [4.69, 9.17) is 13.9 Å². The summed E-state index contributed by atoms with van der Waals surface area (Å²) in [5.74, 6) is 0.760. The number of hydrogen-bond acceptors (Lipinski definition) is 5. The van der Waals surface area contributed by atoms with Gasteiger partial charge >= 0.3 is 5.63 Å². The number of rotatable bonds is 3. The first-order valence-corrected chi connectivity index (χ1v) is 4.99. The molecule has 0 amide bonds. The molecule has 0 aliphatic rings. The lowest BCUT2D eigenvalue weighted by molar-refractivity contribution is 0.281. The Labute approximate surface area is 97.2 Å². The van der Waals surface area contributed by atoms with E-state index in [0.29, 0.717) is 22.4 Å². The van der Waals surface area contributed by atoms with Crippen LogP contribution in [-0.4, -0.2) is 19.3 Å². The topological polar surface area (TPSA) is 68.9 Å². The average molecular weight is 236 g/mol. The van der Waals surface area contributed by atoms with Gasteiger partial charge in [-0.15, -0.1) is 0 Å². The molecule has 1 heterocycles. The molecule has 5 heteroatoms. The summed E-state index contributed by atoms with van der Waals surface area (Å²) in [5, 5.41) is 9.90. The lowest BCUT2D eigenvalue weighted by atomic mass is 10.1. The third-order valence-electron chi connectivity index (χ3n) is 2.51. The monoisotopic (exact) mass is 236 g/mol. The Bertz CT molecular complexity index is 600. The molecule has 0 radical (unpaired) electrons. The molecule has 0 bridgehead atoms. The van der Waals surface area contributed by atoms with Crippen molar-refractivity contribution in [1.29, 1.82) is 0 Å².